The Balaban J connectivity index is 1.71. The van der Waals surface area contributed by atoms with E-state index in [4.69, 9.17) is 13.9 Å². The summed E-state index contributed by atoms with van der Waals surface area (Å²) in [7, 11) is 0. The van der Waals surface area contributed by atoms with Gasteiger partial charge in [-0.15, -0.1) is 0 Å². The Bertz CT molecular complexity index is 990. The molecule has 3 aromatic rings. The van der Waals surface area contributed by atoms with Crippen molar-refractivity contribution < 1.29 is 18.7 Å². The lowest BCUT2D eigenvalue weighted by atomic mass is 9.99. The molecule has 152 valence electrons. The Morgan fingerprint density at radius 3 is 2.52 bits per heavy atom. The van der Waals surface area contributed by atoms with Gasteiger partial charge in [-0.05, 0) is 57.5 Å². The van der Waals surface area contributed by atoms with Crippen molar-refractivity contribution in [1.29, 1.82) is 0 Å². The molecule has 0 N–H and O–H groups in total. The molecular weight excluding hydrogens is 366 g/mol. The summed E-state index contributed by atoms with van der Waals surface area (Å²) in [4.78, 5) is 17.1. The molecule has 0 radical (unpaired) electrons. The summed E-state index contributed by atoms with van der Waals surface area (Å²) < 4.78 is 16.9. The van der Waals surface area contributed by atoms with Gasteiger partial charge in [-0.1, -0.05) is 17.7 Å². The van der Waals surface area contributed by atoms with Gasteiger partial charge < -0.3 is 13.9 Å². The number of carbonyl (C=O) groups is 1. The van der Waals surface area contributed by atoms with E-state index in [1.54, 1.807) is 6.26 Å². The molecule has 1 heterocycles. The molecule has 0 spiro atoms. The van der Waals surface area contributed by atoms with E-state index in [1.165, 1.54) is 0 Å². The lowest BCUT2D eigenvalue weighted by molar-refractivity contribution is 0.0982. The van der Waals surface area contributed by atoms with Crippen molar-refractivity contribution in [2.45, 2.75) is 40.5 Å². The third kappa shape index (κ3) is 5.05. The molecule has 0 aliphatic rings. The fourth-order valence-electron chi connectivity index (χ4n) is 3.15. The van der Waals surface area contributed by atoms with Crippen molar-refractivity contribution in [3.8, 4) is 23.0 Å². The number of ether oxygens (including phenoxy) is 2. The van der Waals surface area contributed by atoms with Gasteiger partial charge in [0.05, 0.1) is 18.9 Å². The molecule has 5 heteroatoms. The summed E-state index contributed by atoms with van der Waals surface area (Å²) in [5.41, 5.74) is 4.43. The minimum absolute atomic E-state index is 0.121. The van der Waals surface area contributed by atoms with E-state index in [0.29, 0.717) is 43.4 Å². The third-order valence-electron chi connectivity index (χ3n) is 4.64. The van der Waals surface area contributed by atoms with Crippen LogP contribution >= 0.6 is 0 Å². The smallest absolute Gasteiger partial charge is 0.226 e. The van der Waals surface area contributed by atoms with Crippen LogP contribution in [0.5, 0.6) is 11.5 Å². The van der Waals surface area contributed by atoms with Crippen molar-refractivity contribution in [2.24, 2.45) is 0 Å². The summed E-state index contributed by atoms with van der Waals surface area (Å²) in [6.45, 7) is 8.93. The number of hydrogen-bond donors (Lipinski definition) is 0. The zero-order valence-corrected chi connectivity index (χ0v) is 17.5. The van der Waals surface area contributed by atoms with Crippen LogP contribution in [0.4, 0.5) is 0 Å². The molecule has 3 rings (SSSR count). The molecule has 0 unspecified atom stereocenters. The van der Waals surface area contributed by atoms with Crippen molar-refractivity contribution in [3.63, 3.8) is 0 Å². The van der Waals surface area contributed by atoms with E-state index in [-0.39, 0.29) is 5.78 Å². The first-order chi connectivity index (χ1) is 14.0. The van der Waals surface area contributed by atoms with Gasteiger partial charge in [0.15, 0.2) is 17.3 Å². The highest BCUT2D eigenvalue weighted by Crippen LogP contribution is 2.32. The summed E-state index contributed by atoms with van der Waals surface area (Å²) >= 11 is 0. The van der Waals surface area contributed by atoms with E-state index >= 15 is 0 Å². The van der Waals surface area contributed by atoms with Crippen LogP contribution in [0.15, 0.2) is 47.1 Å². The average Bonchev–Trinajstić information content (AvgIpc) is 3.19. The normalized spacial score (nSPS) is 10.8. The Hall–Kier alpha value is -3.08. The maximum atomic E-state index is 12.6. The van der Waals surface area contributed by atoms with E-state index in [1.807, 2.05) is 64.1 Å². The highest BCUT2D eigenvalue weighted by atomic mass is 16.5. The van der Waals surface area contributed by atoms with Gasteiger partial charge in [0.1, 0.15) is 6.26 Å². The Labute approximate surface area is 171 Å². The predicted molar refractivity (Wildman–Crippen MR) is 113 cm³/mol. The Kier molecular flexibility index (Phi) is 6.70. The van der Waals surface area contributed by atoms with Gasteiger partial charge in [-0.25, -0.2) is 4.98 Å². The fraction of sp³-hybridized carbons (Fsp3) is 0.333. The van der Waals surface area contributed by atoms with Crippen molar-refractivity contribution in [3.05, 3.63) is 65.0 Å². The zero-order valence-electron chi connectivity index (χ0n) is 17.5. The van der Waals surface area contributed by atoms with E-state index in [9.17, 15) is 4.79 Å². The van der Waals surface area contributed by atoms with Gasteiger partial charge in [-0.3, -0.25) is 4.79 Å². The second kappa shape index (κ2) is 9.41. The van der Waals surface area contributed by atoms with Gasteiger partial charge in [-0.2, -0.15) is 0 Å². The number of Topliss-reactive ketones (excluding diaryl/α,β-unsaturated/α-hetero) is 1. The maximum Gasteiger partial charge on any atom is 0.226 e. The minimum Gasteiger partial charge on any atom is -0.490 e. The summed E-state index contributed by atoms with van der Waals surface area (Å²) in [5, 5.41) is 0. The third-order valence-corrected chi connectivity index (χ3v) is 4.64. The second-order valence-electron chi connectivity index (χ2n) is 6.91. The molecule has 2 aromatic carbocycles. The summed E-state index contributed by atoms with van der Waals surface area (Å²) in [5.74, 6) is 1.99. The first-order valence-corrected chi connectivity index (χ1v) is 9.96. The molecule has 5 nitrogen and oxygen atoms in total. The SMILES string of the molecule is CCOc1ccc(-c2nc(CCC(=O)c3cc(C)ccc3C)co2)cc1OCC. The summed E-state index contributed by atoms with van der Waals surface area (Å²) in [6, 6.07) is 11.6. The molecule has 1 aromatic heterocycles. The Morgan fingerprint density at radius 1 is 1.00 bits per heavy atom. The molecular formula is C24H27NO4. The standard InChI is InChI=1S/C24H27NO4/c1-5-27-22-12-9-18(14-23(22)28-6-2)24-25-19(15-29-24)10-11-21(26)20-13-16(3)7-8-17(20)4/h7-9,12-15H,5-6,10-11H2,1-4H3. The quantitative estimate of drug-likeness (QED) is 0.445. The van der Waals surface area contributed by atoms with Gasteiger partial charge >= 0.3 is 0 Å². The Morgan fingerprint density at radius 2 is 1.76 bits per heavy atom. The number of aryl methyl sites for hydroxylation is 3. The van der Waals surface area contributed by atoms with Crippen LogP contribution in [0.1, 0.15) is 47.4 Å². The number of rotatable bonds is 9. The van der Waals surface area contributed by atoms with Gasteiger partial charge in [0, 0.05) is 24.0 Å². The molecule has 0 saturated carbocycles. The number of nitrogens with zero attached hydrogens (tertiary/aromatic N) is 1. The predicted octanol–water partition coefficient (Wildman–Crippen LogP) is 5.57. The van der Waals surface area contributed by atoms with Crippen molar-refractivity contribution in [2.75, 3.05) is 13.2 Å². The lowest BCUT2D eigenvalue weighted by Crippen LogP contribution is -2.04. The minimum atomic E-state index is 0.121. The number of ketones is 1. The highest BCUT2D eigenvalue weighted by molar-refractivity contribution is 5.97. The van der Waals surface area contributed by atoms with Crippen LogP contribution in [-0.4, -0.2) is 24.0 Å². The molecule has 29 heavy (non-hydrogen) atoms. The average molecular weight is 393 g/mol. The largest absolute Gasteiger partial charge is 0.490 e. The molecule has 0 bridgehead atoms. The molecule has 0 atom stereocenters. The van der Waals surface area contributed by atoms with Crippen LogP contribution in [0, 0.1) is 13.8 Å². The van der Waals surface area contributed by atoms with Gasteiger partial charge in [0.2, 0.25) is 5.89 Å². The zero-order chi connectivity index (χ0) is 20.8. The maximum absolute atomic E-state index is 12.6. The van der Waals surface area contributed by atoms with Crippen LogP contribution in [-0.2, 0) is 6.42 Å². The number of benzene rings is 2. The van der Waals surface area contributed by atoms with E-state index in [0.717, 1.165) is 27.9 Å². The van der Waals surface area contributed by atoms with Crippen molar-refractivity contribution >= 4 is 5.78 Å². The number of oxazole rings is 1. The highest BCUT2D eigenvalue weighted by Gasteiger charge is 2.14. The van der Waals surface area contributed by atoms with Crippen LogP contribution < -0.4 is 9.47 Å². The molecule has 0 amide bonds. The first-order valence-electron chi connectivity index (χ1n) is 9.96. The monoisotopic (exact) mass is 393 g/mol. The first kappa shape index (κ1) is 20.6. The van der Waals surface area contributed by atoms with Gasteiger partial charge in [0.25, 0.3) is 0 Å². The van der Waals surface area contributed by atoms with E-state index < -0.39 is 0 Å². The number of carbonyl (C=O) groups excluding carboxylic acids is 1. The molecule has 0 fully saturated rings. The molecule has 0 aliphatic carbocycles. The van der Waals surface area contributed by atoms with Crippen LogP contribution in [0.2, 0.25) is 0 Å². The van der Waals surface area contributed by atoms with Crippen molar-refractivity contribution in [1.82, 2.24) is 4.98 Å². The fourth-order valence-corrected chi connectivity index (χ4v) is 3.15. The lowest BCUT2D eigenvalue weighted by Gasteiger charge is -2.11. The summed E-state index contributed by atoms with van der Waals surface area (Å²) in [6.07, 6.45) is 2.54. The molecule has 0 aliphatic heterocycles. The number of aromatic nitrogens is 1. The van der Waals surface area contributed by atoms with Crippen LogP contribution in [0.25, 0.3) is 11.5 Å². The topological polar surface area (TPSA) is 61.6 Å². The van der Waals surface area contributed by atoms with Crippen LogP contribution in [0.3, 0.4) is 0 Å². The number of hydrogen-bond acceptors (Lipinski definition) is 5. The molecule has 0 saturated heterocycles. The second-order valence-corrected chi connectivity index (χ2v) is 6.91. The van der Waals surface area contributed by atoms with E-state index in [2.05, 4.69) is 4.98 Å².